The van der Waals surface area contributed by atoms with E-state index in [-0.39, 0.29) is 11.8 Å². The molecule has 2 atom stereocenters. The predicted octanol–water partition coefficient (Wildman–Crippen LogP) is 2.90. The number of benzene rings is 1. The summed E-state index contributed by atoms with van der Waals surface area (Å²) < 4.78 is 0. The summed E-state index contributed by atoms with van der Waals surface area (Å²) in [7, 11) is 0. The van der Waals surface area contributed by atoms with Crippen LogP contribution < -0.4 is 0 Å². The minimum absolute atomic E-state index is 0.0480. The van der Waals surface area contributed by atoms with Crippen LogP contribution in [0.25, 0.3) is 0 Å². The molecule has 0 aromatic heterocycles. The summed E-state index contributed by atoms with van der Waals surface area (Å²) in [6.07, 6.45) is 6.02. The van der Waals surface area contributed by atoms with Crippen LogP contribution in [0.3, 0.4) is 0 Å². The monoisotopic (exact) mass is 273 g/mol. The lowest BCUT2D eigenvalue weighted by atomic mass is 9.93. The van der Waals surface area contributed by atoms with Gasteiger partial charge in [0.2, 0.25) is 5.91 Å². The molecule has 1 N–H and O–H groups in total. The number of aliphatic hydroxyl groups excluding tert-OH is 1. The summed E-state index contributed by atoms with van der Waals surface area (Å²) in [4.78, 5) is 14.3. The van der Waals surface area contributed by atoms with Gasteiger partial charge in [0.1, 0.15) is 0 Å². The minimum Gasteiger partial charge on any atom is -0.388 e. The highest BCUT2D eigenvalue weighted by molar-refractivity contribution is 5.79. The lowest BCUT2D eigenvalue weighted by molar-refractivity contribution is -0.130. The van der Waals surface area contributed by atoms with Crippen molar-refractivity contribution in [3.63, 3.8) is 0 Å². The Balaban J connectivity index is 1.67. The van der Waals surface area contributed by atoms with E-state index in [1.54, 1.807) is 0 Å². The first-order chi connectivity index (χ1) is 9.75. The second kappa shape index (κ2) is 5.96. The van der Waals surface area contributed by atoms with Gasteiger partial charge in [0.15, 0.2) is 0 Å². The zero-order chi connectivity index (χ0) is 13.9. The van der Waals surface area contributed by atoms with Crippen LogP contribution in [0.1, 0.15) is 50.2 Å². The molecule has 1 aliphatic heterocycles. The molecule has 1 aromatic rings. The van der Waals surface area contributed by atoms with Crippen molar-refractivity contribution >= 4 is 5.91 Å². The Bertz CT molecular complexity index is 453. The van der Waals surface area contributed by atoms with Gasteiger partial charge < -0.3 is 10.0 Å². The molecule has 1 aromatic carbocycles. The van der Waals surface area contributed by atoms with Gasteiger partial charge in [-0.3, -0.25) is 4.79 Å². The van der Waals surface area contributed by atoms with E-state index in [1.807, 2.05) is 35.2 Å². The topological polar surface area (TPSA) is 40.5 Å². The molecule has 2 unspecified atom stereocenters. The van der Waals surface area contributed by atoms with Gasteiger partial charge in [-0.2, -0.15) is 0 Å². The maximum atomic E-state index is 12.2. The molecular weight excluding hydrogens is 250 g/mol. The Kier molecular flexibility index (Phi) is 4.06. The molecule has 108 valence electrons. The third kappa shape index (κ3) is 2.73. The van der Waals surface area contributed by atoms with Gasteiger partial charge in [0.05, 0.1) is 6.10 Å². The fourth-order valence-electron chi connectivity index (χ4n) is 3.64. The average molecular weight is 273 g/mol. The summed E-state index contributed by atoms with van der Waals surface area (Å²) in [5.74, 6) is 0.281. The minimum atomic E-state index is -0.520. The van der Waals surface area contributed by atoms with E-state index >= 15 is 0 Å². The quantitative estimate of drug-likeness (QED) is 0.920. The molecule has 3 rings (SSSR count). The van der Waals surface area contributed by atoms with Gasteiger partial charge >= 0.3 is 0 Å². The summed E-state index contributed by atoms with van der Waals surface area (Å²) in [6.45, 7) is 0.722. The van der Waals surface area contributed by atoms with Gasteiger partial charge in [-0.1, -0.05) is 49.6 Å². The van der Waals surface area contributed by atoms with Gasteiger partial charge in [-0.25, -0.2) is 0 Å². The summed E-state index contributed by atoms with van der Waals surface area (Å²) in [5, 5.41) is 10.5. The smallest absolute Gasteiger partial charge is 0.223 e. The van der Waals surface area contributed by atoms with E-state index in [1.165, 1.54) is 19.3 Å². The van der Waals surface area contributed by atoms with Crippen molar-refractivity contribution in [3.8, 4) is 0 Å². The zero-order valence-corrected chi connectivity index (χ0v) is 11.9. The number of carbonyl (C=O) groups excluding carboxylic acids is 1. The molecule has 0 bridgehead atoms. The predicted molar refractivity (Wildman–Crippen MR) is 78.1 cm³/mol. The van der Waals surface area contributed by atoms with Crippen LogP contribution in [0.15, 0.2) is 30.3 Å². The van der Waals surface area contributed by atoms with E-state index in [0.717, 1.165) is 24.9 Å². The zero-order valence-electron chi connectivity index (χ0n) is 11.9. The van der Waals surface area contributed by atoms with E-state index in [0.29, 0.717) is 12.5 Å². The molecule has 0 spiro atoms. The normalized spacial score (nSPS) is 25.9. The van der Waals surface area contributed by atoms with E-state index in [4.69, 9.17) is 0 Å². The van der Waals surface area contributed by atoms with Gasteiger partial charge in [0, 0.05) is 24.9 Å². The Morgan fingerprint density at radius 1 is 1.10 bits per heavy atom. The van der Waals surface area contributed by atoms with Crippen LogP contribution in [0.4, 0.5) is 0 Å². The second-order valence-corrected chi connectivity index (χ2v) is 6.16. The standard InChI is InChI=1S/C17H23NO2/c19-16-11-14(17(20)13-7-3-1-4-8-13)12-18(16)15-9-5-2-6-10-15/h1,3-4,7-8,14-15,17,20H,2,5-6,9-12H2. The lowest BCUT2D eigenvalue weighted by Gasteiger charge is -2.31. The van der Waals surface area contributed by atoms with Gasteiger partial charge in [-0.15, -0.1) is 0 Å². The van der Waals surface area contributed by atoms with Crippen molar-refractivity contribution in [2.75, 3.05) is 6.54 Å². The van der Waals surface area contributed by atoms with Gasteiger partial charge in [-0.05, 0) is 18.4 Å². The average Bonchev–Trinajstić information content (AvgIpc) is 2.90. The summed E-state index contributed by atoms with van der Waals surface area (Å²) in [6, 6.07) is 10.1. The highest BCUT2D eigenvalue weighted by Crippen LogP contribution is 2.34. The molecular formula is C17H23NO2. The first kappa shape index (κ1) is 13.6. The summed E-state index contributed by atoms with van der Waals surface area (Å²) in [5.41, 5.74) is 0.927. The molecule has 0 radical (unpaired) electrons. The van der Waals surface area contributed by atoms with Crippen molar-refractivity contribution in [1.82, 2.24) is 4.90 Å². The largest absolute Gasteiger partial charge is 0.388 e. The molecule has 2 fully saturated rings. The Morgan fingerprint density at radius 3 is 2.50 bits per heavy atom. The number of amides is 1. The molecule has 20 heavy (non-hydrogen) atoms. The highest BCUT2D eigenvalue weighted by Gasteiger charge is 2.38. The fourth-order valence-corrected chi connectivity index (χ4v) is 3.64. The molecule has 2 aliphatic rings. The number of likely N-dealkylation sites (tertiary alicyclic amines) is 1. The molecule has 1 saturated carbocycles. The van der Waals surface area contributed by atoms with Crippen LogP contribution in [0.2, 0.25) is 0 Å². The van der Waals surface area contributed by atoms with Crippen LogP contribution >= 0.6 is 0 Å². The maximum absolute atomic E-state index is 12.2. The lowest BCUT2D eigenvalue weighted by Crippen LogP contribution is -2.38. The molecule has 3 heteroatoms. The Morgan fingerprint density at radius 2 is 1.80 bits per heavy atom. The van der Waals surface area contributed by atoms with Crippen molar-refractivity contribution in [2.24, 2.45) is 5.92 Å². The van der Waals surface area contributed by atoms with Crippen molar-refractivity contribution in [1.29, 1.82) is 0 Å². The maximum Gasteiger partial charge on any atom is 0.223 e. The first-order valence-corrected chi connectivity index (χ1v) is 7.78. The van der Waals surface area contributed by atoms with E-state index < -0.39 is 6.10 Å². The van der Waals surface area contributed by atoms with Crippen LogP contribution in [0, 0.1) is 5.92 Å². The number of hydrogen-bond acceptors (Lipinski definition) is 2. The molecule has 1 aliphatic carbocycles. The fraction of sp³-hybridized carbons (Fsp3) is 0.588. The van der Waals surface area contributed by atoms with Crippen LogP contribution in [0.5, 0.6) is 0 Å². The Hall–Kier alpha value is -1.35. The number of carbonyl (C=O) groups is 1. The second-order valence-electron chi connectivity index (χ2n) is 6.16. The van der Waals surface area contributed by atoms with Crippen LogP contribution in [-0.4, -0.2) is 28.5 Å². The SMILES string of the molecule is O=C1CC(C(O)c2ccccc2)CN1C1CCCCC1. The third-order valence-corrected chi connectivity index (χ3v) is 4.79. The van der Waals surface area contributed by atoms with E-state index in [2.05, 4.69) is 0 Å². The first-order valence-electron chi connectivity index (χ1n) is 7.78. The summed E-state index contributed by atoms with van der Waals surface area (Å²) >= 11 is 0. The number of rotatable bonds is 3. The third-order valence-electron chi connectivity index (χ3n) is 4.79. The van der Waals surface area contributed by atoms with Crippen molar-refractivity contribution in [3.05, 3.63) is 35.9 Å². The molecule has 3 nitrogen and oxygen atoms in total. The number of hydrogen-bond donors (Lipinski definition) is 1. The number of aliphatic hydroxyl groups is 1. The van der Waals surface area contributed by atoms with Gasteiger partial charge in [0.25, 0.3) is 0 Å². The highest BCUT2D eigenvalue weighted by atomic mass is 16.3. The molecule has 1 saturated heterocycles. The van der Waals surface area contributed by atoms with E-state index in [9.17, 15) is 9.90 Å². The van der Waals surface area contributed by atoms with Crippen LogP contribution in [-0.2, 0) is 4.79 Å². The number of nitrogens with zero attached hydrogens (tertiary/aromatic N) is 1. The Labute approximate surface area is 120 Å². The van der Waals surface area contributed by atoms with Crippen molar-refractivity contribution < 1.29 is 9.90 Å². The molecule has 1 amide bonds. The van der Waals surface area contributed by atoms with Crippen molar-refractivity contribution in [2.45, 2.75) is 50.7 Å². The molecule has 1 heterocycles.